The van der Waals surface area contributed by atoms with Crippen LogP contribution in [0.2, 0.25) is 0 Å². The highest BCUT2D eigenvalue weighted by Gasteiger charge is 2.26. The van der Waals surface area contributed by atoms with Crippen molar-refractivity contribution in [3.63, 3.8) is 0 Å². The maximum atomic E-state index is 14.1. The first-order valence-corrected chi connectivity index (χ1v) is 11.8. The average molecular weight is 469 g/mol. The van der Waals surface area contributed by atoms with Crippen molar-refractivity contribution in [1.29, 1.82) is 0 Å². The third-order valence-corrected chi connectivity index (χ3v) is 7.08. The fourth-order valence-corrected chi connectivity index (χ4v) is 5.12. The lowest BCUT2D eigenvalue weighted by Crippen LogP contribution is -2.30. The van der Waals surface area contributed by atoms with Crippen LogP contribution in [-0.4, -0.2) is 25.1 Å². The number of hydrogen-bond donors (Lipinski definition) is 0. The number of benzene rings is 4. The number of fused-ring (bicyclic) bond motifs is 2. The van der Waals surface area contributed by atoms with E-state index in [2.05, 4.69) is 0 Å². The number of nitrogens with zero attached hydrogens (tertiary/aromatic N) is 2. The Morgan fingerprint density at radius 1 is 0.882 bits per heavy atom. The number of amides is 1. The standard InChI is InChI=1S/C28H24N2O3S/c1-18-13-14-23(32-2)25-26(18)34-28(29-25)30(17-19-9-5-4-6-10-19)27(31)22-15-20-11-7-8-12-21(20)16-24(22)33-3/h4-16H,17H2,1-3H3. The van der Waals surface area contributed by atoms with Gasteiger partial charge in [0.05, 0.1) is 31.0 Å². The molecular weight excluding hydrogens is 444 g/mol. The molecule has 0 fully saturated rings. The third-order valence-electron chi connectivity index (χ3n) is 5.87. The van der Waals surface area contributed by atoms with E-state index < -0.39 is 0 Å². The quantitative estimate of drug-likeness (QED) is 0.281. The number of ether oxygens (including phenoxy) is 2. The number of hydrogen-bond acceptors (Lipinski definition) is 5. The summed E-state index contributed by atoms with van der Waals surface area (Å²) < 4.78 is 12.2. The Kier molecular flexibility index (Phi) is 5.90. The number of methoxy groups -OCH3 is 2. The number of aromatic nitrogens is 1. The predicted octanol–water partition coefficient (Wildman–Crippen LogP) is 6.62. The third kappa shape index (κ3) is 3.97. The second kappa shape index (κ2) is 9.15. The number of thiazole rings is 1. The fourth-order valence-electron chi connectivity index (χ4n) is 4.07. The molecule has 6 heteroatoms. The Balaban J connectivity index is 1.67. The van der Waals surface area contributed by atoms with E-state index in [-0.39, 0.29) is 5.91 Å². The number of carbonyl (C=O) groups excluding carboxylic acids is 1. The first kappa shape index (κ1) is 21.9. The minimum Gasteiger partial charge on any atom is -0.496 e. The summed E-state index contributed by atoms with van der Waals surface area (Å²) in [6.45, 7) is 2.43. The van der Waals surface area contributed by atoms with Gasteiger partial charge in [-0.25, -0.2) is 4.98 Å². The second-order valence-corrected chi connectivity index (χ2v) is 9.01. The Hall–Kier alpha value is -3.90. The Morgan fingerprint density at radius 2 is 1.56 bits per heavy atom. The molecule has 0 aliphatic heterocycles. The van der Waals surface area contributed by atoms with Crippen molar-refractivity contribution in [1.82, 2.24) is 4.98 Å². The summed E-state index contributed by atoms with van der Waals surface area (Å²) in [6, 6.07) is 25.6. The lowest BCUT2D eigenvalue weighted by molar-refractivity contribution is 0.0982. The highest BCUT2D eigenvalue weighted by molar-refractivity contribution is 7.22. The molecule has 0 aliphatic rings. The molecule has 0 unspecified atom stereocenters. The topological polar surface area (TPSA) is 51.7 Å². The molecule has 0 radical (unpaired) electrons. The number of rotatable bonds is 6. The molecule has 34 heavy (non-hydrogen) atoms. The number of anilines is 1. The summed E-state index contributed by atoms with van der Waals surface area (Å²) in [4.78, 5) is 20.7. The molecule has 1 heterocycles. The lowest BCUT2D eigenvalue weighted by atomic mass is 10.0. The maximum Gasteiger partial charge on any atom is 0.264 e. The van der Waals surface area contributed by atoms with Gasteiger partial charge in [-0.15, -0.1) is 0 Å². The Morgan fingerprint density at radius 3 is 2.26 bits per heavy atom. The Labute approximate surface area is 202 Å². The fraction of sp³-hybridized carbons (Fsp3) is 0.143. The van der Waals surface area contributed by atoms with Crippen LogP contribution in [0.5, 0.6) is 11.5 Å². The van der Waals surface area contributed by atoms with Gasteiger partial charge in [-0.2, -0.15) is 0 Å². The molecule has 0 spiro atoms. The molecule has 0 atom stereocenters. The van der Waals surface area contributed by atoms with Crippen molar-refractivity contribution < 1.29 is 14.3 Å². The van der Waals surface area contributed by atoms with Gasteiger partial charge in [0, 0.05) is 0 Å². The summed E-state index contributed by atoms with van der Waals surface area (Å²) in [6.07, 6.45) is 0. The van der Waals surface area contributed by atoms with Crippen LogP contribution in [0, 0.1) is 6.92 Å². The maximum absolute atomic E-state index is 14.1. The highest BCUT2D eigenvalue weighted by Crippen LogP contribution is 2.38. The van der Waals surface area contributed by atoms with E-state index in [1.807, 2.05) is 85.8 Å². The normalized spacial score (nSPS) is 11.0. The van der Waals surface area contributed by atoms with E-state index in [0.29, 0.717) is 28.7 Å². The molecule has 170 valence electrons. The summed E-state index contributed by atoms with van der Waals surface area (Å²) in [5, 5.41) is 2.62. The van der Waals surface area contributed by atoms with Gasteiger partial charge in [-0.05, 0) is 47.0 Å². The lowest BCUT2D eigenvalue weighted by Gasteiger charge is -2.21. The predicted molar refractivity (Wildman–Crippen MR) is 138 cm³/mol. The van der Waals surface area contributed by atoms with E-state index >= 15 is 0 Å². The first-order valence-electron chi connectivity index (χ1n) is 11.0. The summed E-state index contributed by atoms with van der Waals surface area (Å²) in [7, 11) is 3.23. The number of aryl methyl sites for hydroxylation is 1. The van der Waals surface area contributed by atoms with Crippen LogP contribution in [0.4, 0.5) is 5.13 Å². The molecule has 5 nitrogen and oxygen atoms in total. The van der Waals surface area contributed by atoms with Crippen LogP contribution in [0.3, 0.4) is 0 Å². The Bertz CT molecular complexity index is 1490. The molecule has 5 aromatic rings. The molecule has 0 N–H and O–H groups in total. The highest BCUT2D eigenvalue weighted by atomic mass is 32.1. The minimum atomic E-state index is -0.165. The molecule has 4 aromatic carbocycles. The van der Waals surface area contributed by atoms with Crippen molar-refractivity contribution in [2.24, 2.45) is 0 Å². The number of carbonyl (C=O) groups is 1. The second-order valence-electron chi connectivity index (χ2n) is 8.04. The van der Waals surface area contributed by atoms with E-state index in [4.69, 9.17) is 14.5 Å². The van der Waals surface area contributed by atoms with Gasteiger partial charge in [0.15, 0.2) is 5.13 Å². The summed E-state index contributed by atoms with van der Waals surface area (Å²) in [5.41, 5.74) is 3.37. The largest absolute Gasteiger partial charge is 0.496 e. The van der Waals surface area contributed by atoms with Crippen LogP contribution in [0.25, 0.3) is 21.0 Å². The van der Waals surface area contributed by atoms with Crippen molar-refractivity contribution in [2.75, 3.05) is 19.1 Å². The minimum absolute atomic E-state index is 0.165. The van der Waals surface area contributed by atoms with Crippen LogP contribution in [0.1, 0.15) is 21.5 Å². The van der Waals surface area contributed by atoms with Gasteiger partial charge < -0.3 is 9.47 Å². The van der Waals surface area contributed by atoms with Crippen LogP contribution in [-0.2, 0) is 6.54 Å². The zero-order valence-corrected chi connectivity index (χ0v) is 20.1. The molecule has 0 saturated heterocycles. The zero-order chi connectivity index (χ0) is 23.7. The van der Waals surface area contributed by atoms with Gasteiger partial charge in [-0.1, -0.05) is 72.0 Å². The van der Waals surface area contributed by atoms with Gasteiger partial charge in [0.2, 0.25) is 0 Å². The smallest absolute Gasteiger partial charge is 0.264 e. The van der Waals surface area contributed by atoms with Crippen LogP contribution >= 0.6 is 11.3 Å². The molecule has 1 amide bonds. The van der Waals surface area contributed by atoms with Crippen molar-refractivity contribution in [3.8, 4) is 11.5 Å². The first-order chi connectivity index (χ1) is 16.6. The van der Waals surface area contributed by atoms with E-state index in [1.165, 1.54) is 11.3 Å². The van der Waals surface area contributed by atoms with Crippen molar-refractivity contribution in [3.05, 3.63) is 95.6 Å². The van der Waals surface area contributed by atoms with E-state index in [1.54, 1.807) is 19.1 Å². The van der Waals surface area contributed by atoms with E-state index in [9.17, 15) is 4.79 Å². The van der Waals surface area contributed by atoms with Gasteiger partial charge in [0.25, 0.3) is 5.91 Å². The summed E-state index contributed by atoms with van der Waals surface area (Å²) in [5.74, 6) is 1.07. The zero-order valence-electron chi connectivity index (χ0n) is 19.2. The van der Waals surface area contributed by atoms with Crippen LogP contribution in [0.15, 0.2) is 78.9 Å². The van der Waals surface area contributed by atoms with Gasteiger partial charge >= 0.3 is 0 Å². The SMILES string of the molecule is COc1cc2ccccc2cc1C(=O)N(Cc1ccccc1)c1nc2c(OC)ccc(C)c2s1. The van der Waals surface area contributed by atoms with Crippen molar-refractivity contribution >= 4 is 43.4 Å². The molecule has 0 saturated carbocycles. The molecular formula is C28H24N2O3S. The average Bonchev–Trinajstić information content (AvgIpc) is 3.33. The molecule has 1 aromatic heterocycles. The van der Waals surface area contributed by atoms with Crippen LogP contribution < -0.4 is 14.4 Å². The van der Waals surface area contributed by atoms with E-state index in [0.717, 1.165) is 32.1 Å². The summed E-state index contributed by atoms with van der Waals surface area (Å²) >= 11 is 1.49. The monoisotopic (exact) mass is 468 g/mol. The molecule has 0 bridgehead atoms. The van der Waals surface area contributed by atoms with Gasteiger partial charge in [-0.3, -0.25) is 9.69 Å². The van der Waals surface area contributed by atoms with Gasteiger partial charge in [0.1, 0.15) is 17.0 Å². The molecule has 0 aliphatic carbocycles. The van der Waals surface area contributed by atoms with Crippen molar-refractivity contribution in [2.45, 2.75) is 13.5 Å². The molecule has 5 rings (SSSR count).